The monoisotopic (exact) mass is 524 g/mol. The molecule has 1 aromatic heterocycles. The molecule has 9 nitrogen and oxygen atoms in total. The van der Waals surface area contributed by atoms with Crippen LogP contribution in [0.1, 0.15) is 42.8 Å². The molecule has 0 fully saturated rings. The van der Waals surface area contributed by atoms with Crippen molar-refractivity contribution in [2.45, 2.75) is 32.7 Å². The number of benzene rings is 2. The maximum Gasteiger partial charge on any atom is 0.322 e. The van der Waals surface area contributed by atoms with Crippen molar-refractivity contribution in [2.75, 3.05) is 12.4 Å². The second kappa shape index (κ2) is 10.6. The van der Waals surface area contributed by atoms with Gasteiger partial charge in [-0.2, -0.15) is 4.72 Å². The lowest BCUT2D eigenvalue weighted by atomic mass is 9.97. The topological polar surface area (TPSA) is 135 Å². The van der Waals surface area contributed by atoms with E-state index in [1.165, 1.54) is 6.08 Å². The predicted octanol–water partition coefficient (Wildman–Crippen LogP) is 4.78. The summed E-state index contributed by atoms with van der Waals surface area (Å²) < 4.78 is 38.5. The number of allylic oxidation sites excluding steroid dienone is 4. The number of furan rings is 1. The summed E-state index contributed by atoms with van der Waals surface area (Å²) in [5.41, 5.74) is 2.99. The van der Waals surface area contributed by atoms with Crippen molar-refractivity contribution < 1.29 is 32.3 Å². The Balaban J connectivity index is 1.43. The molecule has 1 amide bonds. The van der Waals surface area contributed by atoms with E-state index in [0.29, 0.717) is 23.4 Å². The first-order valence-electron chi connectivity index (χ1n) is 11.7. The van der Waals surface area contributed by atoms with Gasteiger partial charge in [-0.3, -0.25) is 9.59 Å². The molecule has 1 heterocycles. The van der Waals surface area contributed by atoms with Gasteiger partial charge in [-0.1, -0.05) is 32.1 Å². The van der Waals surface area contributed by atoms with Crippen LogP contribution in [-0.2, 0) is 14.8 Å². The van der Waals surface area contributed by atoms with Crippen molar-refractivity contribution in [3.63, 3.8) is 0 Å². The highest BCUT2D eigenvalue weighted by Gasteiger charge is 2.29. The highest BCUT2D eigenvalue weighted by atomic mass is 32.2. The molecule has 37 heavy (non-hydrogen) atoms. The number of carboxylic acid groups (broad SMARTS) is 1. The summed E-state index contributed by atoms with van der Waals surface area (Å²) >= 11 is 0. The first-order chi connectivity index (χ1) is 17.6. The van der Waals surface area contributed by atoms with Crippen molar-refractivity contribution in [3.8, 4) is 5.75 Å². The number of hydrogen-bond donors (Lipinski definition) is 3. The minimum absolute atomic E-state index is 0.149. The largest absolute Gasteiger partial charge is 0.497 e. The summed E-state index contributed by atoms with van der Waals surface area (Å²) in [6, 6.07) is 13.0. The van der Waals surface area contributed by atoms with Crippen LogP contribution in [0.4, 0.5) is 5.69 Å². The van der Waals surface area contributed by atoms with Crippen molar-refractivity contribution in [1.29, 1.82) is 0 Å². The number of hydrogen-bond acceptors (Lipinski definition) is 6. The van der Waals surface area contributed by atoms with E-state index < -0.39 is 28.0 Å². The quantitative estimate of drug-likeness (QED) is 0.366. The molecule has 1 atom stereocenters. The second-order valence-corrected chi connectivity index (χ2v) is 10.8. The molecule has 0 saturated heterocycles. The van der Waals surface area contributed by atoms with Gasteiger partial charge < -0.3 is 19.6 Å². The summed E-state index contributed by atoms with van der Waals surface area (Å²) in [5, 5.41) is 12.9. The molecule has 0 aliphatic heterocycles. The Morgan fingerprint density at radius 2 is 1.76 bits per heavy atom. The normalized spacial score (nSPS) is 14.7. The number of nitrogens with one attached hydrogen (secondary N) is 2. The Kier molecular flexibility index (Phi) is 7.51. The lowest BCUT2D eigenvalue weighted by Crippen LogP contribution is -2.44. The predicted molar refractivity (Wildman–Crippen MR) is 141 cm³/mol. The van der Waals surface area contributed by atoms with Crippen molar-refractivity contribution >= 4 is 44.1 Å². The standard InChI is InChI=1S/C27H28N2O7S/c1-16(2)25(27(31)32)29-37(33,34)22-11-6-18(7-12-22)17-4-8-20(9-5-17)28-26(30)24-15-19-14-21(35-3)10-13-23(19)36-24/h4-6,8-11,13-16,25,29H,7,12H2,1-3H3,(H,28,30)(H,31,32)/t25-/m0/s1. The van der Waals surface area contributed by atoms with Crippen LogP contribution in [0.15, 0.2) is 70.0 Å². The van der Waals surface area contributed by atoms with Crippen molar-refractivity contribution in [1.82, 2.24) is 4.72 Å². The summed E-state index contributed by atoms with van der Waals surface area (Å²) in [6.07, 6.45) is 3.95. The summed E-state index contributed by atoms with van der Waals surface area (Å²) in [7, 11) is -2.35. The maximum atomic E-state index is 12.7. The number of aliphatic carboxylic acids is 1. The van der Waals surface area contributed by atoms with Gasteiger partial charge in [0.15, 0.2) is 5.76 Å². The van der Waals surface area contributed by atoms with Gasteiger partial charge in [0.1, 0.15) is 17.4 Å². The van der Waals surface area contributed by atoms with Gasteiger partial charge in [-0.05, 0) is 72.4 Å². The van der Waals surface area contributed by atoms with Gasteiger partial charge >= 0.3 is 5.97 Å². The van der Waals surface area contributed by atoms with E-state index in [-0.39, 0.29) is 23.0 Å². The molecule has 4 rings (SSSR count). The molecule has 1 aliphatic rings. The van der Waals surface area contributed by atoms with Gasteiger partial charge in [0.2, 0.25) is 10.0 Å². The Morgan fingerprint density at radius 3 is 2.35 bits per heavy atom. The number of carbonyl (C=O) groups excluding carboxylic acids is 1. The molecule has 0 saturated carbocycles. The third-order valence-corrected chi connectivity index (χ3v) is 7.73. The van der Waals surface area contributed by atoms with Crippen LogP contribution < -0.4 is 14.8 Å². The molecule has 3 aromatic rings. The average molecular weight is 525 g/mol. The van der Waals surface area contributed by atoms with Crippen LogP contribution in [-0.4, -0.2) is 38.6 Å². The van der Waals surface area contributed by atoms with Crippen LogP contribution in [0.25, 0.3) is 16.5 Å². The molecular formula is C27H28N2O7S. The molecular weight excluding hydrogens is 496 g/mol. The zero-order chi connectivity index (χ0) is 26.7. The van der Waals surface area contributed by atoms with E-state index in [4.69, 9.17) is 9.15 Å². The second-order valence-electron chi connectivity index (χ2n) is 9.05. The first kappa shape index (κ1) is 26.2. The first-order valence-corrected chi connectivity index (χ1v) is 13.2. The number of sulfonamides is 1. The number of anilines is 1. The number of carboxylic acids is 1. The molecule has 194 valence electrons. The smallest absolute Gasteiger partial charge is 0.322 e. The van der Waals surface area contributed by atoms with Gasteiger partial charge in [0.25, 0.3) is 5.91 Å². The van der Waals surface area contributed by atoms with E-state index in [9.17, 15) is 23.1 Å². The third kappa shape index (κ3) is 5.92. The fourth-order valence-corrected chi connectivity index (χ4v) is 5.49. The molecule has 3 N–H and O–H groups in total. The van der Waals surface area contributed by atoms with Gasteiger partial charge in [-0.25, -0.2) is 8.42 Å². The number of rotatable bonds is 9. The molecule has 0 spiro atoms. The summed E-state index contributed by atoms with van der Waals surface area (Å²) in [5.74, 6) is -1.14. The number of ether oxygens (including phenoxy) is 1. The minimum atomic E-state index is -3.92. The Hall–Kier alpha value is -3.89. The molecule has 1 aliphatic carbocycles. The van der Waals surface area contributed by atoms with E-state index in [1.807, 2.05) is 12.1 Å². The Labute approximate surface area is 214 Å². The maximum absolute atomic E-state index is 12.7. The highest BCUT2D eigenvalue weighted by Crippen LogP contribution is 2.30. The van der Waals surface area contributed by atoms with E-state index in [1.54, 1.807) is 63.4 Å². The van der Waals surface area contributed by atoms with E-state index >= 15 is 0 Å². The highest BCUT2D eigenvalue weighted by molar-refractivity contribution is 7.93. The summed E-state index contributed by atoms with van der Waals surface area (Å²) in [4.78, 5) is 24.2. The average Bonchev–Trinajstić information content (AvgIpc) is 3.31. The molecule has 0 unspecified atom stereocenters. The number of amides is 1. The van der Waals surface area contributed by atoms with Crippen LogP contribution in [0.2, 0.25) is 0 Å². The number of carbonyl (C=O) groups is 2. The van der Waals surface area contributed by atoms with Crippen LogP contribution in [0.3, 0.4) is 0 Å². The van der Waals surface area contributed by atoms with Crippen molar-refractivity contribution in [3.05, 3.63) is 76.9 Å². The zero-order valence-corrected chi connectivity index (χ0v) is 21.5. The van der Waals surface area contributed by atoms with Gasteiger partial charge in [0, 0.05) is 11.1 Å². The molecule has 0 radical (unpaired) electrons. The molecule has 0 bridgehead atoms. The summed E-state index contributed by atoms with van der Waals surface area (Å²) in [6.45, 7) is 3.30. The lowest BCUT2D eigenvalue weighted by molar-refractivity contribution is -0.140. The minimum Gasteiger partial charge on any atom is -0.497 e. The third-order valence-electron chi connectivity index (χ3n) is 6.13. The Morgan fingerprint density at radius 1 is 1.03 bits per heavy atom. The SMILES string of the molecule is COc1ccc2oc(C(=O)Nc3ccc(C4=CC=C(S(=O)(=O)N[C@H](C(=O)O)C(C)C)CC4)cc3)cc2c1. The van der Waals surface area contributed by atoms with Crippen LogP contribution in [0, 0.1) is 5.92 Å². The Bertz CT molecular complexity index is 1500. The van der Waals surface area contributed by atoms with Crippen LogP contribution >= 0.6 is 0 Å². The molecule has 2 aromatic carbocycles. The lowest BCUT2D eigenvalue weighted by Gasteiger charge is -2.21. The van der Waals surface area contributed by atoms with E-state index in [0.717, 1.165) is 16.5 Å². The zero-order valence-electron chi connectivity index (χ0n) is 20.6. The fraction of sp³-hybridized carbons (Fsp3) is 0.259. The van der Waals surface area contributed by atoms with E-state index in [2.05, 4.69) is 10.0 Å². The molecule has 10 heteroatoms. The van der Waals surface area contributed by atoms with Gasteiger partial charge in [0.05, 0.1) is 12.0 Å². The van der Waals surface area contributed by atoms with Gasteiger partial charge in [-0.15, -0.1) is 0 Å². The fourth-order valence-electron chi connectivity index (χ4n) is 4.02. The van der Waals surface area contributed by atoms with Crippen molar-refractivity contribution in [2.24, 2.45) is 5.92 Å². The van der Waals surface area contributed by atoms with Crippen LogP contribution in [0.5, 0.6) is 5.75 Å². The number of methoxy groups -OCH3 is 1. The number of fused-ring (bicyclic) bond motifs is 1.